The highest BCUT2D eigenvalue weighted by Gasteiger charge is 2.08. The normalized spacial score (nSPS) is 9.50. The van der Waals surface area contributed by atoms with E-state index in [9.17, 15) is 4.79 Å². The van der Waals surface area contributed by atoms with Crippen molar-refractivity contribution in [2.45, 2.75) is 0 Å². The lowest BCUT2D eigenvalue weighted by molar-refractivity contribution is 0.101. The molecule has 0 radical (unpaired) electrons. The van der Waals surface area contributed by atoms with Gasteiger partial charge in [0, 0.05) is 0 Å². The Hall–Kier alpha value is -1.02. The third-order valence-electron chi connectivity index (χ3n) is 1.53. The van der Waals surface area contributed by atoms with E-state index in [-0.39, 0.29) is 11.7 Å². The van der Waals surface area contributed by atoms with E-state index >= 15 is 0 Å². The molecule has 0 aliphatic heterocycles. The highest BCUT2D eigenvalue weighted by molar-refractivity contribution is 6.30. The number of ether oxygens (including phenoxy) is 1. The van der Waals surface area contributed by atoms with Crippen LogP contribution in [-0.4, -0.2) is 18.8 Å². The van der Waals surface area contributed by atoms with Gasteiger partial charge in [-0.25, -0.2) is 0 Å². The summed E-state index contributed by atoms with van der Waals surface area (Å²) in [4.78, 5) is 11.2. The van der Waals surface area contributed by atoms with Gasteiger partial charge in [0.2, 0.25) is 0 Å². The van der Waals surface area contributed by atoms with Gasteiger partial charge in [-0.15, -0.1) is 11.6 Å². The Balaban J connectivity index is 3.04. The number of benzene rings is 1. The Morgan fingerprint density at radius 1 is 1.50 bits per heavy atom. The smallest absolute Gasteiger partial charge is 0.181 e. The number of para-hydroxylation sites is 1. The van der Waals surface area contributed by atoms with Crippen molar-refractivity contribution in [3.05, 3.63) is 29.8 Å². The fourth-order valence-corrected chi connectivity index (χ4v) is 1.09. The topological polar surface area (TPSA) is 26.3 Å². The van der Waals surface area contributed by atoms with Crippen molar-refractivity contribution in [2.75, 3.05) is 13.0 Å². The lowest BCUT2D eigenvalue weighted by atomic mass is 10.1. The zero-order valence-corrected chi connectivity index (χ0v) is 7.47. The number of methoxy groups -OCH3 is 1. The monoisotopic (exact) mass is 184 g/mol. The van der Waals surface area contributed by atoms with Crippen molar-refractivity contribution in [3.8, 4) is 5.75 Å². The maximum atomic E-state index is 11.2. The molecule has 0 aromatic heterocycles. The van der Waals surface area contributed by atoms with Crippen molar-refractivity contribution in [2.24, 2.45) is 0 Å². The van der Waals surface area contributed by atoms with Gasteiger partial charge in [0.1, 0.15) is 5.75 Å². The van der Waals surface area contributed by atoms with Crippen molar-refractivity contribution in [3.63, 3.8) is 0 Å². The van der Waals surface area contributed by atoms with Crippen LogP contribution in [0, 0.1) is 0 Å². The minimum atomic E-state index is -0.117. The van der Waals surface area contributed by atoms with Crippen LogP contribution in [0.25, 0.3) is 0 Å². The molecule has 0 saturated heterocycles. The van der Waals surface area contributed by atoms with E-state index in [1.54, 1.807) is 18.2 Å². The largest absolute Gasteiger partial charge is 0.496 e. The van der Waals surface area contributed by atoms with Gasteiger partial charge in [-0.3, -0.25) is 4.79 Å². The van der Waals surface area contributed by atoms with Crippen molar-refractivity contribution in [1.29, 1.82) is 0 Å². The van der Waals surface area contributed by atoms with E-state index in [1.807, 2.05) is 6.07 Å². The Kier molecular flexibility index (Phi) is 3.11. The maximum absolute atomic E-state index is 11.2. The van der Waals surface area contributed by atoms with E-state index in [2.05, 4.69) is 0 Å². The summed E-state index contributed by atoms with van der Waals surface area (Å²) in [6.07, 6.45) is 0. The van der Waals surface area contributed by atoms with Gasteiger partial charge in [-0.1, -0.05) is 12.1 Å². The fourth-order valence-electron chi connectivity index (χ4n) is 0.947. The van der Waals surface area contributed by atoms with Gasteiger partial charge in [0.25, 0.3) is 0 Å². The molecule has 0 heterocycles. The van der Waals surface area contributed by atoms with E-state index in [4.69, 9.17) is 16.3 Å². The molecular weight excluding hydrogens is 176 g/mol. The number of halogens is 1. The van der Waals surface area contributed by atoms with Crippen LogP contribution in [0.2, 0.25) is 0 Å². The molecule has 0 atom stereocenters. The van der Waals surface area contributed by atoms with Gasteiger partial charge in [0.15, 0.2) is 5.78 Å². The number of carbonyl (C=O) groups is 1. The molecule has 1 aromatic rings. The summed E-state index contributed by atoms with van der Waals surface area (Å²) < 4.78 is 4.99. The third-order valence-corrected chi connectivity index (χ3v) is 1.77. The second-order valence-corrected chi connectivity index (χ2v) is 2.52. The van der Waals surface area contributed by atoms with E-state index in [0.29, 0.717) is 11.3 Å². The predicted molar refractivity (Wildman–Crippen MR) is 48.0 cm³/mol. The van der Waals surface area contributed by atoms with Crippen LogP contribution in [0.15, 0.2) is 24.3 Å². The van der Waals surface area contributed by atoms with Crippen molar-refractivity contribution in [1.82, 2.24) is 0 Å². The summed E-state index contributed by atoms with van der Waals surface area (Å²) >= 11 is 5.41. The number of carbonyl (C=O) groups excluding carboxylic acids is 1. The van der Waals surface area contributed by atoms with Crippen molar-refractivity contribution < 1.29 is 9.53 Å². The first-order valence-electron chi connectivity index (χ1n) is 3.51. The molecule has 0 aliphatic rings. The zero-order valence-electron chi connectivity index (χ0n) is 6.71. The second kappa shape index (κ2) is 4.12. The Morgan fingerprint density at radius 2 is 2.17 bits per heavy atom. The molecule has 1 rings (SSSR count). The van der Waals surface area contributed by atoms with Crippen LogP contribution in [0.5, 0.6) is 5.75 Å². The molecule has 3 heteroatoms. The van der Waals surface area contributed by atoms with Gasteiger partial charge in [0.05, 0.1) is 18.6 Å². The van der Waals surface area contributed by atoms with E-state index < -0.39 is 0 Å². The van der Waals surface area contributed by atoms with Gasteiger partial charge in [-0.05, 0) is 12.1 Å². The minimum absolute atomic E-state index is 0.0135. The second-order valence-electron chi connectivity index (χ2n) is 2.26. The average Bonchev–Trinajstić information content (AvgIpc) is 2.16. The molecule has 64 valence electrons. The summed E-state index contributed by atoms with van der Waals surface area (Å²) in [5.41, 5.74) is 0.537. The van der Waals surface area contributed by atoms with Crippen molar-refractivity contribution >= 4 is 17.4 Å². The zero-order chi connectivity index (χ0) is 8.97. The number of rotatable bonds is 3. The SMILES string of the molecule is COc1ccccc1C(=O)CCl. The molecule has 0 saturated carbocycles. The molecule has 0 fully saturated rings. The molecular formula is C9H9ClO2. The molecule has 0 spiro atoms. The summed E-state index contributed by atoms with van der Waals surface area (Å²) in [6, 6.07) is 7.02. The van der Waals surface area contributed by atoms with Crippen LogP contribution >= 0.6 is 11.6 Å². The first kappa shape index (κ1) is 9.07. The van der Waals surface area contributed by atoms with Gasteiger partial charge in [-0.2, -0.15) is 0 Å². The summed E-state index contributed by atoms with van der Waals surface area (Å²) in [7, 11) is 1.53. The molecule has 1 aromatic carbocycles. The van der Waals surface area contributed by atoms with Gasteiger partial charge >= 0.3 is 0 Å². The van der Waals surface area contributed by atoms with Crippen LogP contribution in [0.3, 0.4) is 0 Å². The van der Waals surface area contributed by atoms with Crippen LogP contribution < -0.4 is 4.74 Å². The maximum Gasteiger partial charge on any atom is 0.181 e. The standard InChI is InChI=1S/C9H9ClO2/c1-12-9-5-3-2-4-7(9)8(11)6-10/h2-5H,6H2,1H3. The molecule has 2 nitrogen and oxygen atoms in total. The first-order chi connectivity index (χ1) is 5.79. The number of alkyl halides is 1. The molecule has 0 unspecified atom stereocenters. The predicted octanol–water partition coefficient (Wildman–Crippen LogP) is 2.12. The van der Waals surface area contributed by atoms with Gasteiger partial charge < -0.3 is 4.74 Å². The van der Waals surface area contributed by atoms with E-state index in [0.717, 1.165) is 0 Å². The molecule has 0 N–H and O–H groups in total. The van der Waals surface area contributed by atoms with Crippen LogP contribution in [0.4, 0.5) is 0 Å². The molecule has 12 heavy (non-hydrogen) atoms. The lowest BCUT2D eigenvalue weighted by Gasteiger charge is -2.04. The third kappa shape index (κ3) is 1.77. The first-order valence-corrected chi connectivity index (χ1v) is 4.05. The fraction of sp³-hybridized carbons (Fsp3) is 0.222. The molecule has 0 amide bonds. The number of ketones is 1. The molecule has 0 bridgehead atoms. The quantitative estimate of drug-likeness (QED) is 0.531. The number of hydrogen-bond donors (Lipinski definition) is 0. The number of Topliss-reactive ketones (excluding diaryl/α,β-unsaturated/α-hetero) is 1. The summed E-state index contributed by atoms with van der Waals surface area (Å²) in [5.74, 6) is 0.442. The Bertz CT molecular complexity index is 284. The molecule has 0 aliphatic carbocycles. The average molecular weight is 185 g/mol. The summed E-state index contributed by atoms with van der Waals surface area (Å²) in [6.45, 7) is 0. The van der Waals surface area contributed by atoms with Crippen LogP contribution in [0.1, 0.15) is 10.4 Å². The van der Waals surface area contributed by atoms with Crippen LogP contribution in [-0.2, 0) is 0 Å². The minimum Gasteiger partial charge on any atom is -0.496 e. The highest BCUT2D eigenvalue weighted by atomic mass is 35.5. The summed E-state index contributed by atoms with van der Waals surface area (Å²) in [5, 5.41) is 0. The lowest BCUT2D eigenvalue weighted by Crippen LogP contribution is -2.02. The van der Waals surface area contributed by atoms with E-state index in [1.165, 1.54) is 7.11 Å². The highest BCUT2D eigenvalue weighted by Crippen LogP contribution is 2.17. The Labute approximate surface area is 76.1 Å². The Morgan fingerprint density at radius 3 is 2.75 bits per heavy atom. The number of hydrogen-bond acceptors (Lipinski definition) is 2.